The van der Waals surface area contributed by atoms with Crippen molar-refractivity contribution in [2.24, 2.45) is 0 Å². The van der Waals surface area contributed by atoms with Crippen molar-refractivity contribution in [1.82, 2.24) is 30.6 Å². The molecule has 11 heteroatoms. The van der Waals surface area contributed by atoms with Crippen LogP contribution in [-0.2, 0) is 5.60 Å². The molecule has 2 saturated heterocycles. The Morgan fingerprint density at radius 2 is 1.12 bits per heavy atom. The van der Waals surface area contributed by atoms with Gasteiger partial charge in [-0.25, -0.2) is 15.0 Å². The molecule has 4 heterocycles. The lowest BCUT2D eigenvalue weighted by Crippen LogP contribution is -2.48. The molecule has 11 nitrogen and oxygen atoms in total. The van der Waals surface area contributed by atoms with E-state index in [1.165, 1.54) is 0 Å². The second kappa shape index (κ2) is 15.2. The molecule has 0 amide bonds. The number of piperazine rings is 2. The molecule has 2 aromatic heterocycles. The molecule has 1 atom stereocenters. The smallest absolute Gasteiger partial charge is 0.257 e. The summed E-state index contributed by atoms with van der Waals surface area (Å²) in [5.41, 5.74) is -0.463. The molecule has 2 fully saturated rings. The lowest BCUT2D eigenvalue weighted by molar-refractivity contribution is -0.00594. The monoisotopic (exact) mass is 682 g/mol. The molecule has 51 heavy (non-hydrogen) atoms. The predicted molar refractivity (Wildman–Crippen MR) is 200 cm³/mol. The zero-order valence-electron chi connectivity index (χ0n) is 28.6. The average molecular weight is 683 g/mol. The van der Waals surface area contributed by atoms with E-state index in [4.69, 9.17) is 34.1 Å². The molecule has 8 rings (SSSR count). The van der Waals surface area contributed by atoms with Crippen molar-refractivity contribution in [1.29, 1.82) is 0 Å². The standard InChI is InChI=1S/C40H42N8O3/c1-3-11-32-30(7-1)9-5-13-34(32)49-28-15-40(51-35-14-6-10-31-8-2-4-12-33(31)35,36-37(44-17-16-43-36)47-24-20-41-21-25-47)29-50-39-38(45-18-19-46-39)48-26-22-42-23-27-48/h1-14,16-19,41-42H,15,20-29H2. The van der Waals surface area contributed by atoms with Gasteiger partial charge in [-0.05, 0) is 22.9 Å². The first-order chi connectivity index (χ1) is 25.3. The minimum absolute atomic E-state index is 0.0880. The Balaban J connectivity index is 1.23. The van der Waals surface area contributed by atoms with Gasteiger partial charge in [0.15, 0.2) is 17.2 Å². The summed E-state index contributed by atoms with van der Waals surface area (Å²) in [4.78, 5) is 23.9. The highest BCUT2D eigenvalue weighted by Crippen LogP contribution is 2.40. The van der Waals surface area contributed by atoms with Gasteiger partial charge in [0.25, 0.3) is 5.88 Å². The van der Waals surface area contributed by atoms with Gasteiger partial charge < -0.3 is 34.6 Å². The van der Waals surface area contributed by atoms with Crippen molar-refractivity contribution < 1.29 is 14.2 Å². The maximum atomic E-state index is 7.34. The van der Waals surface area contributed by atoms with Gasteiger partial charge in [-0.2, -0.15) is 0 Å². The van der Waals surface area contributed by atoms with Crippen LogP contribution in [-0.4, -0.2) is 85.5 Å². The quantitative estimate of drug-likeness (QED) is 0.178. The number of anilines is 2. The van der Waals surface area contributed by atoms with Crippen LogP contribution in [0.4, 0.5) is 11.6 Å². The van der Waals surface area contributed by atoms with Crippen LogP contribution in [0.15, 0.2) is 110 Å². The maximum Gasteiger partial charge on any atom is 0.257 e. The zero-order valence-corrected chi connectivity index (χ0v) is 28.6. The Morgan fingerprint density at radius 3 is 1.82 bits per heavy atom. The van der Waals surface area contributed by atoms with E-state index in [-0.39, 0.29) is 6.61 Å². The Morgan fingerprint density at radius 1 is 0.569 bits per heavy atom. The van der Waals surface area contributed by atoms with E-state index in [9.17, 15) is 0 Å². The van der Waals surface area contributed by atoms with Crippen molar-refractivity contribution in [3.8, 4) is 17.4 Å². The lowest BCUT2D eigenvalue weighted by Gasteiger charge is -2.38. The normalized spacial score (nSPS) is 16.2. The Labute approximate surface area is 297 Å². The van der Waals surface area contributed by atoms with E-state index in [1.807, 2.05) is 48.5 Å². The first-order valence-corrected chi connectivity index (χ1v) is 17.7. The van der Waals surface area contributed by atoms with E-state index >= 15 is 0 Å². The molecule has 6 aromatic rings. The third-order valence-electron chi connectivity index (χ3n) is 9.60. The maximum absolute atomic E-state index is 7.34. The van der Waals surface area contributed by atoms with Crippen molar-refractivity contribution in [2.75, 3.05) is 75.4 Å². The summed E-state index contributed by atoms with van der Waals surface area (Å²) in [7, 11) is 0. The van der Waals surface area contributed by atoms with Gasteiger partial charge in [-0.1, -0.05) is 72.8 Å². The van der Waals surface area contributed by atoms with Gasteiger partial charge in [0.05, 0.1) is 6.61 Å². The summed E-state index contributed by atoms with van der Waals surface area (Å²) in [6, 6.07) is 28.8. The predicted octanol–water partition coefficient (Wildman–Crippen LogP) is 5.21. The highest BCUT2D eigenvalue weighted by Gasteiger charge is 2.42. The number of rotatable bonds is 12. The van der Waals surface area contributed by atoms with Crippen LogP contribution in [0.2, 0.25) is 0 Å². The third kappa shape index (κ3) is 7.08. The minimum Gasteiger partial charge on any atom is -0.493 e. The molecule has 0 aliphatic carbocycles. The topological polar surface area (TPSA) is 110 Å². The Hall–Kier alpha value is -5.52. The van der Waals surface area contributed by atoms with Crippen LogP contribution in [0, 0.1) is 0 Å². The second-order valence-corrected chi connectivity index (χ2v) is 12.8. The molecule has 0 spiro atoms. The first-order valence-electron chi connectivity index (χ1n) is 17.7. The number of benzene rings is 4. The average Bonchev–Trinajstić information content (AvgIpc) is 3.21. The van der Waals surface area contributed by atoms with Gasteiger partial charge >= 0.3 is 0 Å². The number of nitrogens with one attached hydrogen (secondary N) is 2. The number of ether oxygens (including phenoxy) is 3. The molecule has 0 radical (unpaired) electrons. The van der Waals surface area contributed by atoms with Crippen molar-refractivity contribution in [2.45, 2.75) is 12.0 Å². The zero-order chi connectivity index (χ0) is 34.3. The number of hydrogen-bond donors (Lipinski definition) is 2. The fourth-order valence-corrected chi connectivity index (χ4v) is 6.99. The highest BCUT2D eigenvalue weighted by atomic mass is 16.6. The third-order valence-corrected chi connectivity index (χ3v) is 9.60. The summed E-state index contributed by atoms with van der Waals surface area (Å²) >= 11 is 0. The van der Waals surface area contributed by atoms with Crippen LogP contribution < -0.4 is 34.6 Å². The summed E-state index contributed by atoms with van der Waals surface area (Å²) in [5, 5.41) is 11.1. The largest absolute Gasteiger partial charge is 0.493 e. The van der Waals surface area contributed by atoms with Crippen LogP contribution in [0.1, 0.15) is 12.1 Å². The lowest BCUT2D eigenvalue weighted by atomic mass is 9.94. The summed E-state index contributed by atoms with van der Waals surface area (Å²) in [5.74, 6) is 3.47. The van der Waals surface area contributed by atoms with Gasteiger partial charge in [-0.15, -0.1) is 0 Å². The summed E-state index contributed by atoms with van der Waals surface area (Å²) in [6.45, 7) is 7.04. The van der Waals surface area contributed by atoms with Crippen LogP contribution in [0.5, 0.6) is 17.4 Å². The van der Waals surface area contributed by atoms with E-state index in [1.54, 1.807) is 24.8 Å². The number of nitrogens with zero attached hydrogens (tertiary/aromatic N) is 6. The van der Waals surface area contributed by atoms with E-state index in [0.29, 0.717) is 30.4 Å². The van der Waals surface area contributed by atoms with Crippen LogP contribution in [0.25, 0.3) is 21.5 Å². The van der Waals surface area contributed by atoms with Crippen molar-refractivity contribution in [3.63, 3.8) is 0 Å². The van der Waals surface area contributed by atoms with Crippen molar-refractivity contribution in [3.05, 3.63) is 115 Å². The molecule has 2 aliphatic rings. The van der Waals surface area contributed by atoms with Gasteiger partial charge in [-0.3, -0.25) is 4.98 Å². The summed E-state index contributed by atoms with van der Waals surface area (Å²) < 4.78 is 20.8. The van der Waals surface area contributed by atoms with E-state index < -0.39 is 5.60 Å². The Kier molecular flexibility index (Phi) is 9.71. The second-order valence-electron chi connectivity index (χ2n) is 12.8. The molecule has 260 valence electrons. The molecule has 4 aromatic carbocycles. The Bertz CT molecular complexity index is 2070. The number of hydrogen-bond acceptors (Lipinski definition) is 11. The fraction of sp³-hybridized carbons (Fsp3) is 0.300. The SMILES string of the molecule is c1ccc2c(OCCC(COc3nccnc3N3CCNCC3)(Oc3cccc4ccccc34)c3nccnc3N3CCNCC3)cccc2c1. The molecule has 0 saturated carbocycles. The summed E-state index contributed by atoms with van der Waals surface area (Å²) in [6.07, 6.45) is 7.28. The van der Waals surface area contributed by atoms with Gasteiger partial charge in [0.2, 0.25) is 0 Å². The molecule has 1 unspecified atom stereocenters. The first kappa shape index (κ1) is 32.7. The molecule has 2 N–H and O–H groups in total. The number of aromatic nitrogens is 4. The molecular weight excluding hydrogens is 640 g/mol. The van der Waals surface area contributed by atoms with Crippen LogP contribution in [0.3, 0.4) is 0 Å². The fourth-order valence-electron chi connectivity index (χ4n) is 6.99. The van der Waals surface area contributed by atoms with E-state index in [2.05, 4.69) is 56.8 Å². The van der Waals surface area contributed by atoms with Gasteiger partial charge in [0, 0.05) is 94.3 Å². The highest BCUT2D eigenvalue weighted by molar-refractivity contribution is 5.89. The van der Waals surface area contributed by atoms with Crippen molar-refractivity contribution >= 4 is 33.2 Å². The number of fused-ring (bicyclic) bond motifs is 2. The minimum atomic E-state index is -1.15. The molecule has 2 aliphatic heterocycles. The van der Waals surface area contributed by atoms with Crippen LogP contribution >= 0.6 is 0 Å². The van der Waals surface area contributed by atoms with Gasteiger partial charge in [0.1, 0.15) is 23.8 Å². The van der Waals surface area contributed by atoms with E-state index in [0.717, 1.165) is 91.2 Å². The molecular formula is C40H42N8O3. The molecule has 0 bridgehead atoms.